The number of nitrogens with two attached hydrogens (primary N) is 1. The van der Waals surface area contributed by atoms with E-state index < -0.39 is 0 Å². The van der Waals surface area contributed by atoms with Crippen molar-refractivity contribution in [2.24, 2.45) is 10.7 Å². The lowest BCUT2D eigenvalue weighted by Gasteiger charge is -2.00. The predicted molar refractivity (Wildman–Crippen MR) is 46.6 cm³/mol. The van der Waals surface area contributed by atoms with Crippen LogP contribution in [0.3, 0.4) is 0 Å². The maximum Gasteiger partial charge on any atom is 0.0556 e. The zero-order valence-corrected chi connectivity index (χ0v) is 6.75. The molecule has 0 aromatic heterocycles. The van der Waals surface area contributed by atoms with Crippen molar-refractivity contribution < 1.29 is 5.11 Å². The molecule has 0 spiro atoms. The van der Waals surface area contributed by atoms with Crippen molar-refractivity contribution in [3.05, 3.63) is 12.3 Å². The minimum atomic E-state index is 0.142. The molecular weight excluding hydrogens is 142 g/mol. The Kier molecular flexibility index (Phi) is 6.67. The maximum atomic E-state index is 8.44. The maximum absolute atomic E-state index is 8.44. The van der Waals surface area contributed by atoms with Crippen molar-refractivity contribution in [2.45, 2.75) is 0 Å². The molecule has 0 radical (unpaired) electrons. The van der Waals surface area contributed by atoms with Crippen molar-refractivity contribution in [3.63, 3.8) is 0 Å². The summed E-state index contributed by atoms with van der Waals surface area (Å²) >= 11 is 0. The second kappa shape index (κ2) is 7.24. The van der Waals surface area contributed by atoms with Gasteiger partial charge in [0, 0.05) is 25.8 Å². The lowest BCUT2D eigenvalue weighted by molar-refractivity contribution is 0.295. The molecule has 64 valence electrons. The van der Waals surface area contributed by atoms with Crippen LogP contribution in [0.25, 0.3) is 0 Å². The highest BCUT2D eigenvalue weighted by Crippen LogP contribution is 1.76. The monoisotopic (exact) mass is 157 g/mol. The van der Waals surface area contributed by atoms with Gasteiger partial charge in [-0.3, -0.25) is 4.99 Å². The van der Waals surface area contributed by atoms with E-state index in [1.807, 2.05) is 0 Å². The van der Waals surface area contributed by atoms with E-state index in [2.05, 4.69) is 10.3 Å². The molecule has 0 atom stereocenters. The summed E-state index contributed by atoms with van der Waals surface area (Å²) in [5, 5.41) is 11.4. The average Bonchev–Trinajstić information content (AvgIpc) is 2.03. The third-order valence-corrected chi connectivity index (χ3v) is 1.17. The molecule has 0 aliphatic rings. The van der Waals surface area contributed by atoms with Crippen LogP contribution >= 0.6 is 0 Å². The third kappa shape index (κ3) is 5.57. The number of nitrogens with zero attached hydrogens (tertiary/aromatic N) is 1. The Bertz CT molecular complexity index is 143. The van der Waals surface area contributed by atoms with Gasteiger partial charge in [-0.1, -0.05) is 0 Å². The first-order valence-electron chi connectivity index (χ1n) is 3.50. The van der Waals surface area contributed by atoms with E-state index in [0.29, 0.717) is 13.1 Å². The molecule has 0 saturated carbocycles. The van der Waals surface area contributed by atoms with Gasteiger partial charge in [0.05, 0.1) is 6.61 Å². The normalized spacial score (nSPS) is 12.7. The first-order valence-corrected chi connectivity index (χ1v) is 3.50. The Morgan fingerprint density at radius 1 is 1.73 bits per heavy atom. The molecular formula is C7H15N3O. The molecule has 0 bridgehead atoms. The topological polar surface area (TPSA) is 70.6 Å². The van der Waals surface area contributed by atoms with Gasteiger partial charge in [0.25, 0.3) is 0 Å². The van der Waals surface area contributed by atoms with E-state index >= 15 is 0 Å². The summed E-state index contributed by atoms with van der Waals surface area (Å²) in [5.74, 6) is 0. The fourth-order valence-electron chi connectivity index (χ4n) is 0.619. The van der Waals surface area contributed by atoms with Crippen molar-refractivity contribution in [3.8, 4) is 0 Å². The first kappa shape index (κ1) is 10.1. The first-order chi connectivity index (χ1) is 5.35. The summed E-state index contributed by atoms with van der Waals surface area (Å²) in [6.07, 6.45) is 3.17. The predicted octanol–water partition coefficient (Wildman–Crippen LogP) is -0.888. The van der Waals surface area contributed by atoms with Gasteiger partial charge in [-0.05, 0) is 12.3 Å². The lowest BCUT2D eigenvalue weighted by Crippen LogP contribution is -2.24. The van der Waals surface area contributed by atoms with Crippen molar-refractivity contribution in [1.29, 1.82) is 0 Å². The van der Waals surface area contributed by atoms with Crippen LogP contribution in [0.2, 0.25) is 0 Å². The van der Waals surface area contributed by atoms with Crippen molar-refractivity contribution in [1.82, 2.24) is 5.32 Å². The van der Waals surface area contributed by atoms with Gasteiger partial charge < -0.3 is 16.2 Å². The van der Waals surface area contributed by atoms with Crippen LogP contribution in [0, 0.1) is 0 Å². The van der Waals surface area contributed by atoms with Crippen LogP contribution in [0.5, 0.6) is 0 Å². The number of hydrogen-bond donors (Lipinski definition) is 3. The van der Waals surface area contributed by atoms with E-state index in [1.54, 1.807) is 13.1 Å². The van der Waals surface area contributed by atoms with Gasteiger partial charge in [-0.25, -0.2) is 0 Å². The lowest BCUT2D eigenvalue weighted by atomic mass is 10.3. The van der Waals surface area contributed by atoms with E-state index in [9.17, 15) is 0 Å². The Morgan fingerprint density at radius 2 is 2.45 bits per heavy atom. The van der Waals surface area contributed by atoms with E-state index in [4.69, 9.17) is 10.8 Å². The zero-order valence-electron chi connectivity index (χ0n) is 6.75. The number of hydrogen-bond acceptors (Lipinski definition) is 4. The Hall–Kier alpha value is -0.870. The van der Waals surface area contributed by atoms with Crippen LogP contribution in [0.4, 0.5) is 0 Å². The Balaban J connectivity index is 3.54. The zero-order chi connectivity index (χ0) is 8.53. The molecule has 0 aliphatic carbocycles. The van der Waals surface area contributed by atoms with Crippen molar-refractivity contribution >= 4 is 5.71 Å². The van der Waals surface area contributed by atoms with Crippen molar-refractivity contribution in [2.75, 3.05) is 26.7 Å². The highest BCUT2D eigenvalue weighted by molar-refractivity contribution is 5.96. The molecule has 0 rings (SSSR count). The number of aliphatic hydroxyl groups excluding tert-OH is 1. The summed E-state index contributed by atoms with van der Waals surface area (Å²) < 4.78 is 0. The standard InChI is InChI=1S/C7H15N3O/c1-9-7(2-3-8)6-10-4-5-11/h2-3,10-11H,4-6,8H2,1H3. The molecule has 0 saturated heterocycles. The minimum Gasteiger partial charge on any atom is -0.405 e. The SMILES string of the molecule is CN=C(C=CN)CNCCO. The second-order valence-electron chi connectivity index (χ2n) is 1.97. The Morgan fingerprint density at radius 3 is 2.91 bits per heavy atom. The fourth-order valence-corrected chi connectivity index (χ4v) is 0.619. The molecule has 0 fully saturated rings. The van der Waals surface area contributed by atoms with Gasteiger partial charge in [0.1, 0.15) is 0 Å². The van der Waals surface area contributed by atoms with Gasteiger partial charge in [-0.15, -0.1) is 0 Å². The number of rotatable bonds is 5. The highest BCUT2D eigenvalue weighted by Gasteiger charge is 1.90. The summed E-state index contributed by atoms with van der Waals surface area (Å²) in [6.45, 7) is 1.37. The molecule has 0 aromatic rings. The molecule has 0 unspecified atom stereocenters. The van der Waals surface area contributed by atoms with E-state index in [0.717, 1.165) is 5.71 Å². The average molecular weight is 157 g/mol. The number of aliphatic hydroxyl groups is 1. The molecule has 4 nitrogen and oxygen atoms in total. The smallest absolute Gasteiger partial charge is 0.0556 e. The summed E-state index contributed by atoms with van der Waals surface area (Å²) in [7, 11) is 1.70. The van der Waals surface area contributed by atoms with Crippen LogP contribution in [-0.2, 0) is 0 Å². The molecule has 0 aliphatic heterocycles. The molecule has 0 aromatic carbocycles. The number of aliphatic imine (C=N–C) groups is 1. The van der Waals surface area contributed by atoms with Gasteiger partial charge in [0.15, 0.2) is 0 Å². The van der Waals surface area contributed by atoms with Crippen LogP contribution < -0.4 is 11.1 Å². The summed E-state index contributed by atoms with van der Waals surface area (Å²) in [6, 6.07) is 0. The molecule has 0 amide bonds. The third-order valence-electron chi connectivity index (χ3n) is 1.17. The van der Waals surface area contributed by atoms with Crippen LogP contribution in [-0.4, -0.2) is 37.6 Å². The highest BCUT2D eigenvalue weighted by atomic mass is 16.3. The molecule has 11 heavy (non-hydrogen) atoms. The summed E-state index contributed by atoms with van der Waals surface area (Å²) in [4.78, 5) is 3.96. The largest absolute Gasteiger partial charge is 0.405 e. The second-order valence-corrected chi connectivity index (χ2v) is 1.97. The van der Waals surface area contributed by atoms with Gasteiger partial charge in [0.2, 0.25) is 0 Å². The fraction of sp³-hybridized carbons (Fsp3) is 0.571. The molecule has 4 heteroatoms. The van der Waals surface area contributed by atoms with E-state index in [1.165, 1.54) is 6.20 Å². The Labute approximate surface area is 66.8 Å². The minimum absolute atomic E-state index is 0.142. The van der Waals surface area contributed by atoms with E-state index in [-0.39, 0.29) is 6.61 Å². The molecule has 0 heterocycles. The van der Waals surface area contributed by atoms with Gasteiger partial charge >= 0.3 is 0 Å². The quantitative estimate of drug-likeness (QED) is 0.358. The van der Waals surface area contributed by atoms with Crippen LogP contribution in [0.1, 0.15) is 0 Å². The van der Waals surface area contributed by atoms with Gasteiger partial charge in [-0.2, -0.15) is 0 Å². The molecule has 4 N–H and O–H groups in total. The van der Waals surface area contributed by atoms with Crippen LogP contribution in [0.15, 0.2) is 17.3 Å². The number of nitrogens with one attached hydrogen (secondary N) is 1. The summed E-state index contributed by atoms with van der Waals surface area (Å²) in [5.41, 5.74) is 6.05.